The van der Waals surface area contributed by atoms with Gasteiger partial charge in [-0.25, -0.2) is 4.98 Å². The van der Waals surface area contributed by atoms with Crippen LogP contribution in [0.2, 0.25) is 0 Å². The number of ether oxygens (including phenoxy) is 1. The molecule has 0 spiro atoms. The molecule has 0 aliphatic rings. The van der Waals surface area contributed by atoms with E-state index in [9.17, 15) is 15.5 Å². The van der Waals surface area contributed by atoms with Crippen LogP contribution in [0.4, 0.5) is 5.82 Å². The van der Waals surface area contributed by atoms with Gasteiger partial charge in [0.15, 0.2) is 5.82 Å². The molecule has 0 amide bonds. The molecule has 124 valence electrons. The summed E-state index contributed by atoms with van der Waals surface area (Å²) in [7, 11) is 1.55. The lowest BCUT2D eigenvalue weighted by Crippen LogP contribution is -2.03. The van der Waals surface area contributed by atoms with Crippen LogP contribution in [-0.4, -0.2) is 28.5 Å². The minimum absolute atomic E-state index is 0.0751. The summed E-state index contributed by atoms with van der Waals surface area (Å²) in [5.74, 6) is 0.103. The van der Waals surface area contributed by atoms with Gasteiger partial charge >= 0.3 is 0 Å². The van der Waals surface area contributed by atoms with Crippen molar-refractivity contribution < 1.29 is 14.9 Å². The Hall–Kier alpha value is -2.63. The van der Waals surface area contributed by atoms with E-state index in [0.29, 0.717) is 32.7 Å². The van der Waals surface area contributed by atoms with E-state index in [2.05, 4.69) is 37.5 Å². The first-order chi connectivity index (χ1) is 11.5. The number of aryl methyl sites for hydroxylation is 1. The van der Waals surface area contributed by atoms with E-state index in [1.54, 1.807) is 20.1 Å². The minimum Gasteiger partial charge on any atom is -0.507 e. The molecule has 1 aromatic heterocycles. The molecule has 0 radical (unpaired) electrons. The number of halogens is 1. The average molecular weight is 391 g/mol. The highest BCUT2D eigenvalue weighted by Gasteiger charge is 2.11. The van der Waals surface area contributed by atoms with Crippen LogP contribution in [0.3, 0.4) is 0 Å². The van der Waals surface area contributed by atoms with Crippen molar-refractivity contribution in [2.45, 2.75) is 13.5 Å². The molecule has 0 fully saturated rings. The molecule has 7 nitrogen and oxygen atoms in total. The second-order valence-electron chi connectivity index (χ2n) is 4.92. The van der Waals surface area contributed by atoms with Gasteiger partial charge in [0.25, 0.3) is 0 Å². The van der Waals surface area contributed by atoms with Gasteiger partial charge in [-0.1, -0.05) is 0 Å². The van der Waals surface area contributed by atoms with Gasteiger partial charge in [0.05, 0.1) is 17.3 Å². The van der Waals surface area contributed by atoms with Crippen molar-refractivity contribution in [3.8, 4) is 17.6 Å². The van der Waals surface area contributed by atoms with E-state index >= 15 is 0 Å². The van der Waals surface area contributed by atoms with Gasteiger partial charge in [0, 0.05) is 30.0 Å². The molecule has 2 rings (SSSR count). The van der Waals surface area contributed by atoms with E-state index in [1.165, 1.54) is 18.3 Å². The zero-order valence-corrected chi connectivity index (χ0v) is 14.6. The molecule has 0 saturated heterocycles. The fraction of sp³-hybridized carbons (Fsp3) is 0.188. The van der Waals surface area contributed by atoms with Crippen LogP contribution >= 0.6 is 15.9 Å². The van der Waals surface area contributed by atoms with E-state index < -0.39 is 0 Å². The van der Waals surface area contributed by atoms with Crippen molar-refractivity contribution in [3.63, 3.8) is 0 Å². The Balaban J connectivity index is 2.29. The average Bonchev–Trinajstić information content (AvgIpc) is 2.52. The van der Waals surface area contributed by atoms with Crippen molar-refractivity contribution in [1.82, 2.24) is 4.98 Å². The van der Waals surface area contributed by atoms with Gasteiger partial charge < -0.3 is 14.9 Å². The van der Waals surface area contributed by atoms with Crippen molar-refractivity contribution in [1.29, 1.82) is 5.26 Å². The first-order valence-electron chi connectivity index (χ1n) is 6.86. The number of hydrogen-bond donors (Lipinski definition) is 3. The number of aromatic hydroxyl groups is 2. The van der Waals surface area contributed by atoms with Crippen LogP contribution < -0.4 is 5.43 Å². The quantitative estimate of drug-likeness (QED) is 0.534. The molecule has 3 N–H and O–H groups in total. The van der Waals surface area contributed by atoms with Gasteiger partial charge in [-0.05, 0) is 35.0 Å². The first-order valence-corrected chi connectivity index (χ1v) is 7.65. The largest absolute Gasteiger partial charge is 0.507 e. The SMILES string of the molecule is COCc1cc(C)nc(N/N=C\c2cc(Br)c(O)cc2O)c1C#N. The predicted octanol–water partition coefficient (Wildman–Crippen LogP) is 3.03. The monoisotopic (exact) mass is 390 g/mol. The maximum atomic E-state index is 9.79. The third kappa shape index (κ3) is 4.01. The van der Waals surface area contributed by atoms with Crippen molar-refractivity contribution >= 4 is 28.0 Å². The number of benzene rings is 1. The van der Waals surface area contributed by atoms with E-state index in [0.717, 1.165) is 0 Å². The molecule has 0 atom stereocenters. The lowest BCUT2D eigenvalue weighted by Gasteiger charge is -2.09. The van der Waals surface area contributed by atoms with E-state index in [-0.39, 0.29) is 18.1 Å². The van der Waals surface area contributed by atoms with Gasteiger partial charge in [-0.2, -0.15) is 10.4 Å². The van der Waals surface area contributed by atoms with Crippen LogP contribution in [0.25, 0.3) is 0 Å². The van der Waals surface area contributed by atoms with Crippen LogP contribution in [-0.2, 0) is 11.3 Å². The topological polar surface area (TPSA) is 111 Å². The lowest BCUT2D eigenvalue weighted by atomic mass is 10.1. The summed E-state index contributed by atoms with van der Waals surface area (Å²) < 4.78 is 5.51. The normalized spacial score (nSPS) is 10.8. The number of pyridine rings is 1. The number of nitriles is 1. The summed E-state index contributed by atoms with van der Waals surface area (Å²) in [6, 6.07) is 6.58. The van der Waals surface area contributed by atoms with Crippen molar-refractivity contribution in [3.05, 3.63) is 45.1 Å². The summed E-state index contributed by atoms with van der Waals surface area (Å²) in [6.07, 6.45) is 1.36. The van der Waals surface area contributed by atoms with Gasteiger partial charge in [-0.3, -0.25) is 5.43 Å². The Morgan fingerprint density at radius 1 is 1.38 bits per heavy atom. The van der Waals surface area contributed by atoms with Crippen molar-refractivity contribution in [2.24, 2.45) is 5.10 Å². The van der Waals surface area contributed by atoms with Crippen LogP contribution in [0.5, 0.6) is 11.5 Å². The highest BCUT2D eigenvalue weighted by Crippen LogP contribution is 2.30. The molecule has 0 saturated carbocycles. The van der Waals surface area contributed by atoms with E-state index in [1.807, 2.05) is 0 Å². The number of aromatic nitrogens is 1. The second-order valence-corrected chi connectivity index (χ2v) is 5.78. The molecular weight excluding hydrogens is 376 g/mol. The number of hydrogen-bond acceptors (Lipinski definition) is 7. The molecule has 1 heterocycles. The van der Waals surface area contributed by atoms with Gasteiger partial charge in [0.1, 0.15) is 23.1 Å². The Bertz CT molecular complexity index is 831. The third-order valence-corrected chi connectivity index (χ3v) is 3.75. The van der Waals surface area contributed by atoms with Crippen LogP contribution in [0.15, 0.2) is 27.8 Å². The fourth-order valence-corrected chi connectivity index (χ4v) is 2.41. The van der Waals surface area contributed by atoms with Crippen LogP contribution in [0, 0.1) is 18.3 Å². The van der Waals surface area contributed by atoms with Gasteiger partial charge in [-0.15, -0.1) is 0 Å². The molecule has 8 heteroatoms. The molecular formula is C16H15BrN4O3. The maximum absolute atomic E-state index is 9.79. The second kappa shape index (κ2) is 7.77. The third-order valence-electron chi connectivity index (χ3n) is 3.11. The number of nitrogens with one attached hydrogen (secondary N) is 1. The minimum atomic E-state index is -0.126. The summed E-state index contributed by atoms with van der Waals surface area (Å²) in [5, 5.41) is 32.6. The number of anilines is 1. The summed E-state index contributed by atoms with van der Waals surface area (Å²) >= 11 is 3.16. The highest BCUT2D eigenvalue weighted by atomic mass is 79.9. The fourth-order valence-electron chi connectivity index (χ4n) is 2.05. The summed E-state index contributed by atoms with van der Waals surface area (Å²) in [4.78, 5) is 4.26. The summed E-state index contributed by atoms with van der Waals surface area (Å²) in [6.45, 7) is 2.09. The molecule has 24 heavy (non-hydrogen) atoms. The number of rotatable bonds is 5. The number of methoxy groups -OCH3 is 1. The number of phenols is 2. The first kappa shape index (κ1) is 17.7. The number of nitrogens with zero attached hydrogens (tertiary/aromatic N) is 3. The standard InChI is InChI=1S/C16H15BrN4O3/c1-9-3-11(8-24-2)12(6-18)16(20-9)21-19-7-10-4-13(17)15(23)5-14(10)22/h3-5,7,22-23H,8H2,1-2H3,(H,20,21)/b19-7-. The summed E-state index contributed by atoms with van der Waals surface area (Å²) in [5.41, 5.74) is 4.86. The molecule has 0 unspecified atom stereocenters. The number of phenolic OH excluding ortho intramolecular Hbond substituents is 2. The molecule has 2 aromatic rings. The Kier molecular flexibility index (Phi) is 5.73. The zero-order chi connectivity index (χ0) is 17.7. The number of hydrazone groups is 1. The predicted molar refractivity (Wildman–Crippen MR) is 93.1 cm³/mol. The Labute approximate surface area is 147 Å². The highest BCUT2D eigenvalue weighted by molar-refractivity contribution is 9.10. The van der Waals surface area contributed by atoms with E-state index in [4.69, 9.17) is 4.74 Å². The maximum Gasteiger partial charge on any atom is 0.164 e. The van der Waals surface area contributed by atoms with Gasteiger partial charge in [0.2, 0.25) is 0 Å². The Morgan fingerprint density at radius 2 is 2.12 bits per heavy atom. The molecule has 0 aliphatic heterocycles. The molecule has 1 aromatic carbocycles. The lowest BCUT2D eigenvalue weighted by molar-refractivity contribution is 0.184. The zero-order valence-electron chi connectivity index (χ0n) is 13.0. The smallest absolute Gasteiger partial charge is 0.164 e. The molecule has 0 aliphatic carbocycles. The molecule has 0 bridgehead atoms. The Morgan fingerprint density at radius 3 is 2.79 bits per heavy atom. The van der Waals surface area contributed by atoms with Crippen molar-refractivity contribution in [2.75, 3.05) is 12.5 Å². The van der Waals surface area contributed by atoms with Crippen LogP contribution in [0.1, 0.15) is 22.4 Å².